The number of carbonyl (C=O) groups excluding carboxylic acids is 1. The molecule has 1 aliphatic rings. The van der Waals surface area contributed by atoms with Gasteiger partial charge in [-0.25, -0.2) is 8.42 Å². The van der Waals surface area contributed by atoms with E-state index in [1.165, 1.54) is 4.31 Å². The van der Waals surface area contributed by atoms with Gasteiger partial charge in [-0.05, 0) is 74.7 Å². The molecule has 1 heterocycles. The lowest BCUT2D eigenvalue weighted by molar-refractivity contribution is -0.120. The van der Waals surface area contributed by atoms with Crippen molar-refractivity contribution < 1.29 is 17.9 Å². The molecule has 1 fully saturated rings. The molecule has 8 heteroatoms. The fraction of sp³-hybridized carbons (Fsp3) is 0.296. The fourth-order valence-electron chi connectivity index (χ4n) is 4.13. The molecule has 6 nitrogen and oxygen atoms in total. The van der Waals surface area contributed by atoms with Crippen LogP contribution in [0.4, 0.5) is 5.69 Å². The van der Waals surface area contributed by atoms with E-state index in [1.807, 2.05) is 68.4 Å². The molecule has 0 aliphatic carbocycles. The normalized spacial score (nSPS) is 16.6. The molecule has 0 unspecified atom stereocenters. The van der Waals surface area contributed by atoms with Crippen LogP contribution in [-0.4, -0.2) is 38.3 Å². The standard InChI is InChI=1S/C27H30N2O4S2/c1-3-33-25-16-15-23(18-20(25)2)35(31,32)29-17-9-10-21(19-29)27(30)28-24-13-7-8-14-26(24)34-22-11-5-4-6-12-22/h4-8,11-16,18,21H,3,9-10,17,19H2,1-2H3,(H,28,30)/t21-/m0/s1. The third-order valence-corrected chi connectivity index (χ3v) is 8.90. The SMILES string of the molecule is CCOc1ccc(S(=O)(=O)N2CCC[C@H](C(=O)Nc3ccccc3Sc3ccccc3)C2)cc1C. The molecule has 0 radical (unpaired) electrons. The highest BCUT2D eigenvalue weighted by Crippen LogP contribution is 2.34. The third kappa shape index (κ3) is 6.07. The van der Waals surface area contributed by atoms with E-state index >= 15 is 0 Å². The number of aryl methyl sites for hydroxylation is 1. The van der Waals surface area contributed by atoms with Gasteiger partial charge in [-0.15, -0.1) is 0 Å². The number of piperidine rings is 1. The van der Waals surface area contributed by atoms with E-state index in [4.69, 9.17) is 4.74 Å². The Hall–Kier alpha value is -2.81. The van der Waals surface area contributed by atoms with Crippen LogP contribution in [0.25, 0.3) is 0 Å². The molecular weight excluding hydrogens is 480 g/mol. The molecule has 1 saturated heterocycles. The highest BCUT2D eigenvalue weighted by Gasteiger charge is 2.33. The monoisotopic (exact) mass is 510 g/mol. The Labute approximate surface area is 211 Å². The van der Waals surface area contributed by atoms with Crippen LogP contribution in [-0.2, 0) is 14.8 Å². The number of amides is 1. The van der Waals surface area contributed by atoms with Gasteiger partial charge in [0.15, 0.2) is 0 Å². The number of benzene rings is 3. The van der Waals surface area contributed by atoms with Crippen LogP contribution >= 0.6 is 11.8 Å². The molecule has 1 N–H and O–H groups in total. The maximum Gasteiger partial charge on any atom is 0.243 e. The van der Waals surface area contributed by atoms with Crippen molar-refractivity contribution in [3.63, 3.8) is 0 Å². The zero-order valence-electron chi connectivity index (χ0n) is 19.9. The van der Waals surface area contributed by atoms with Crippen LogP contribution in [0.1, 0.15) is 25.3 Å². The molecule has 184 valence electrons. The summed E-state index contributed by atoms with van der Waals surface area (Å²) >= 11 is 1.58. The second-order valence-corrected chi connectivity index (χ2v) is 11.5. The molecular formula is C27H30N2O4S2. The number of rotatable bonds is 8. The smallest absolute Gasteiger partial charge is 0.243 e. The number of para-hydroxylation sites is 1. The summed E-state index contributed by atoms with van der Waals surface area (Å²) in [5, 5.41) is 3.05. The summed E-state index contributed by atoms with van der Waals surface area (Å²) in [4.78, 5) is 15.4. The minimum atomic E-state index is -3.71. The Balaban J connectivity index is 1.47. The maximum absolute atomic E-state index is 13.3. The van der Waals surface area contributed by atoms with Gasteiger partial charge in [0.05, 0.1) is 23.1 Å². The molecule has 1 atom stereocenters. The summed E-state index contributed by atoms with van der Waals surface area (Å²) in [6.45, 7) is 4.80. The predicted octanol–water partition coefficient (Wildman–Crippen LogP) is 5.58. The van der Waals surface area contributed by atoms with Crippen molar-refractivity contribution in [3.05, 3.63) is 78.4 Å². The third-order valence-electron chi connectivity index (χ3n) is 5.95. The number of ether oxygens (including phenoxy) is 1. The minimum Gasteiger partial charge on any atom is -0.494 e. The van der Waals surface area contributed by atoms with E-state index in [1.54, 1.807) is 30.0 Å². The molecule has 3 aromatic carbocycles. The van der Waals surface area contributed by atoms with Crippen molar-refractivity contribution in [1.82, 2.24) is 4.31 Å². The second kappa shape index (κ2) is 11.3. The molecule has 4 rings (SSSR count). The van der Waals surface area contributed by atoms with Crippen molar-refractivity contribution in [2.24, 2.45) is 5.92 Å². The van der Waals surface area contributed by atoms with E-state index in [2.05, 4.69) is 5.32 Å². The van der Waals surface area contributed by atoms with E-state index in [0.717, 1.165) is 21.0 Å². The van der Waals surface area contributed by atoms with Gasteiger partial charge < -0.3 is 10.1 Å². The summed E-state index contributed by atoms with van der Waals surface area (Å²) in [7, 11) is -3.71. The quantitative estimate of drug-likeness (QED) is 0.428. The van der Waals surface area contributed by atoms with Crippen molar-refractivity contribution in [1.29, 1.82) is 0 Å². The predicted molar refractivity (Wildman–Crippen MR) is 139 cm³/mol. The Morgan fingerprint density at radius 2 is 1.83 bits per heavy atom. The zero-order chi connectivity index (χ0) is 24.8. The molecule has 1 aliphatic heterocycles. The summed E-state index contributed by atoms with van der Waals surface area (Å²) in [5.74, 6) is 0.0976. The molecule has 0 saturated carbocycles. The van der Waals surface area contributed by atoms with Crippen molar-refractivity contribution in [2.75, 3.05) is 25.0 Å². The number of anilines is 1. The Bertz CT molecular complexity index is 1280. The average Bonchev–Trinajstić information content (AvgIpc) is 2.87. The number of hydrogen-bond acceptors (Lipinski definition) is 5. The summed E-state index contributed by atoms with van der Waals surface area (Å²) in [6.07, 6.45) is 1.28. The Kier molecular flexibility index (Phi) is 8.15. The van der Waals surface area contributed by atoms with Gasteiger partial charge in [0.1, 0.15) is 5.75 Å². The van der Waals surface area contributed by atoms with E-state index in [-0.39, 0.29) is 17.3 Å². The van der Waals surface area contributed by atoms with Gasteiger partial charge >= 0.3 is 0 Å². The zero-order valence-corrected chi connectivity index (χ0v) is 21.6. The number of hydrogen-bond donors (Lipinski definition) is 1. The van der Waals surface area contributed by atoms with E-state index < -0.39 is 15.9 Å². The topological polar surface area (TPSA) is 75.7 Å². The first-order valence-electron chi connectivity index (χ1n) is 11.7. The van der Waals surface area contributed by atoms with Crippen molar-refractivity contribution in [2.45, 2.75) is 41.4 Å². The van der Waals surface area contributed by atoms with Crippen LogP contribution in [0.2, 0.25) is 0 Å². The number of carbonyl (C=O) groups is 1. The average molecular weight is 511 g/mol. The molecule has 1 amide bonds. The van der Waals surface area contributed by atoms with Crippen LogP contribution in [0.5, 0.6) is 5.75 Å². The van der Waals surface area contributed by atoms with Crippen LogP contribution in [0.3, 0.4) is 0 Å². The minimum absolute atomic E-state index is 0.158. The molecule has 3 aromatic rings. The van der Waals surface area contributed by atoms with Gasteiger partial charge in [0.2, 0.25) is 15.9 Å². The lowest BCUT2D eigenvalue weighted by Gasteiger charge is -2.31. The van der Waals surface area contributed by atoms with Gasteiger partial charge in [0, 0.05) is 22.9 Å². The van der Waals surface area contributed by atoms with Crippen LogP contribution in [0, 0.1) is 12.8 Å². The summed E-state index contributed by atoms with van der Waals surface area (Å²) in [6, 6.07) is 22.6. The Morgan fingerprint density at radius 1 is 1.09 bits per heavy atom. The fourth-order valence-corrected chi connectivity index (χ4v) is 6.67. The second-order valence-electron chi connectivity index (χ2n) is 8.46. The number of sulfonamides is 1. The maximum atomic E-state index is 13.3. The van der Waals surface area contributed by atoms with Crippen molar-refractivity contribution in [3.8, 4) is 5.75 Å². The van der Waals surface area contributed by atoms with Crippen LogP contribution < -0.4 is 10.1 Å². The van der Waals surface area contributed by atoms with Crippen molar-refractivity contribution >= 4 is 33.4 Å². The lowest BCUT2D eigenvalue weighted by atomic mass is 9.99. The highest BCUT2D eigenvalue weighted by atomic mass is 32.2. The molecule has 0 bridgehead atoms. The Morgan fingerprint density at radius 3 is 2.57 bits per heavy atom. The van der Waals surface area contributed by atoms with E-state index in [9.17, 15) is 13.2 Å². The summed E-state index contributed by atoms with van der Waals surface area (Å²) in [5.41, 5.74) is 1.50. The van der Waals surface area contributed by atoms with E-state index in [0.29, 0.717) is 31.7 Å². The van der Waals surface area contributed by atoms with Gasteiger partial charge in [-0.3, -0.25) is 4.79 Å². The molecule has 0 aromatic heterocycles. The van der Waals surface area contributed by atoms with Gasteiger partial charge in [-0.1, -0.05) is 42.1 Å². The first-order chi connectivity index (χ1) is 16.9. The van der Waals surface area contributed by atoms with Gasteiger partial charge in [-0.2, -0.15) is 4.31 Å². The van der Waals surface area contributed by atoms with Crippen LogP contribution in [0.15, 0.2) is 87.5 Å². The van der Waals surface area contributed by atoms with Gasteiger partial charge in [0.25, 0.3) is 0 Å². The number of nitrogens with one attached hydrogen (secondary N) is 1. The lowest BCUT2D eigenvalue weighted by Crippen LogP contribution is -2.43. The first kappa shape index (κ1) is 25.3. The molecule has 35 heavy (non-hydrogen) atoms. The molecule has 0 spiro atoms. The number of nitrogens with zero attached hydrogens (tertiary/aromatic N) is 1. The first-order valence-corrected chi connectivity index (χ1v) is 14.0. The highest BCUT2D eigenvalue weighted by molar-refractivity contribution is 7.99. The largest absolute Gasteiger partial charge is 0.494 e. The summed E-state index contributed by atoms with van der Waals surface area (Å²) < 4.78 is 33.7.